The lowest BCUT2D eigenvalue weighted by Gasteiger charge is -2.14. The van der Waals surface area contributed by atoms with Crippen LogP contribution in [0.1, 0.15) is 35.9 Å². The molecule has 0 aliphatic rings. The van der Waals surface area contributed by atoms with Gasteiger partial charge < -0.3 is 4.74 Å². The number of esters is 1. The van der Waals surface area contributed by atoms with E-state index in [2.05, 4.69) is 16.9 Å². The van der Waals surface area contributed by atoms with E-state index in [1.54, 1.807) is 38.1 Å². The Morgan fingerprint density at radius 3 is 2.68 bits per heavy atom. The van der Waals surface area contributed by atoms with E-state index in [0.717, 1.165) is 10.2 Å². The number of benzene rings is 1. The van der Waals surface area contributed by atoms with Gasteiger partial charge in [-0.05, 0) is 19.4 Å². The summed E-state index contributed by atoms with van der Waals surface area (Å²) in [5.74, 6) is 1.40. The molecule has 0 radical (unpaired) electrons. The SMILES string of the molecule is CC#CCOC(=O)c1c(F)c(F)nn1[C@H](C)c1ccccc1. The Morgan fingerprint density at radius 1 is 1.36 bits per heavy atom. The average molecular weight is 304 g/mol. The quantitative estimate of drug-likeness (QED) is 0.644. The normalized spacial score (nSPS) is 11.5. The van der Waals surface area contributed by atoms with Crippen LogP contribution in [-0.2, 0) is 4.74 Å². The molecular formula is C16H14F2N2O2. The van der Waals surface area contributed by atoms with Gasteiger partial charge in [0.1, 0.15) is 0 Å². The Hall–Kier alpha value is -2.68. The molecule has 1 heterocycles. The molecule has 0 aliphatic heterocycles. The van der Waals surface area contributed by atoms with Crippen molar-refractivity contribution >= 4 is 5.97 Å². The molecule has 2 rings (SSSR count). The summed E-state index contributed by atoms with van der Waals surface area (Å²) < 4.78 is 33.1. The van der Waals surface area contributed by atoms with Crippen molar-refractivity contribution in [2.24, 2.45) is 0 Å². The van der Waals surface area contributed by atoms with Gasteiger partial charge in [0.25, 0.3) is 5.95 Å². The Kier molecular flexibility index (Phi) is 4.89. The van der Waals surface area contributed by atoms with Crippen molar-refractivity contribution < 1.29 is 18.3 Å². The molecule has 1 aromatic carbocycles. The maximum atomic E-state index is 13.9. The highest BCUT2D eigenvalue weighted by molar-refractivity contribution is 5.88. The molecule has 1 atom stereocenters. The lowest BCUT2D eigenvalue weighted by atomic mass is 10.1. The average Bonchev–Trinajstić information content (AvgIpc) is 2.83. The number of aromatic nitrogens is 2. The van der Waals surface area contributed by atoms with E-state index in [1.807, 2.05) is 6.07 Å². The largest absolute Gasteiger partial charge is 0.448 e. The molecule has 0 unspecified atom stereocenters. The van der Waals surface area contributed by atoms with Crippen LogP contribution in [0, 0.1) is 23.6 Å². The lowest BCUT2D eigenvalue weighted by molar-refractivity contribution is 0.0535. The van der Waals surface area contributed by atoms with Crippen molar-refractivity contribution in [3.8, 4) is 11.8 Å². The van der Waals surface area contributed by atoms with Gasteiger partial charge in [-0.2, -0.15) is 8.78 Å². The molecule has 0 fully saturated rings. The fraction of sp³-hybridized carbons (Fsp3) is 0.250. The third kappa shape index (κ3) is 3.14. The number of hydrogen-bond donors (Lipinski definition) is 0. The predicted octanol–water partition coefficient (Wildman–Crippen LogP) is 2.95. The molecule has 0 bridgehead atoms. The molecule has 22 heavy (non-hydrogen) atoms. The second-order valence-corrected chi connectivity index (χ2v) is 4.49. The first-order valence-corrected chi connectivity index (χ1v) is 6.61. The van der Waals surface area contributed by atoms with E-state index in [0.29, 0.717) is 0 Å². The molecule has 0 spiro atoms. The molecule has 0 aliphatic carbocycles. The first kappa shape index (κ1) is 15.7. The van der Waals surface area contributed by atoms with Gasteiger partial charge >= 0.3 is 5.97 Å². The number of hydrogen-bond acceptors (Lipinski definition) is 3. The fourth-order valence-electron chi connectivity index (χ4n) is 1.97. The van der Waals surface area contributed by atoms with Crippen molar-refractivity contribution in [1.29, 1.82) is 0 Å². The summed E-state index contributed by atoms with van der Waals surface area (Å²) in [4.78, 5) is 12.0. The minimum Gasteiger partial charge on any atom is -0.448 e. The molecular weight excluding hydrogens is 290 g/mol. The van der Waals surface area contributed by atoms with Crippen molar-refractivity contribution in [1.82, 2.24) is 9.78 Å². The summed E-state index contributed by atoms with van der Waals surface area (Å²) in [7, 11) is 0. The number of carbonyl (C=O) groups excluding carboxylic acids is 1. The lowest BCUT2D eigenvalue weighted by Crippen LogP contribution is -2.18. The molecule has 0 N–H and O–H groups in total. The Morgan fingerprint density at radius 2 is 2.05 bits per heavy atom. The van der Waals surface area contributed by atoms with Crippen LogP contribution in [0.25, 0.3) is 0 Å². The molecule has 0 saturated heterocycles. The van der Waals surface area contributed by atoms with Crippen molar-refractivity contribution in [3.05, 3.63) is 53.4 Å². The second kappa shape index (κ2) is 6.85. The highest BCUT2D eigenvalue weighted by Gasteiger charge is 2.28. The van der Waals surface area contributed by atoms with Gasteiger partial charge in [0.15, 0.2) is 12.3 Å². The minimum absolute atomic E-state index is 0.193. The van der Waals surface area contributed by atoms with Crippen LogP contribution in [0.3, 0.4) is 0 Å². The summed E-state index contributed by atoms with van der Waals surface area (Å²) in [6, 6.07) is 8.42. The van der Waals surface area contributed by atoms with Gasteiger partial charge in [0.05, 0.1) is 6.04 Å². The third-order valence-electron chi connectivity index (χ3n) is 3.11. The highest BCUT2D eigenvalue weighted by Crippen LogP contribution is 2.22. The molecule has 0 saturated carbocycles. The van der Waals surface area contributed by atoms with E-state index in [9.17, 15) is 13.6 Å². The van der Waals surface area contributed by atoms with E-state index < -0.39 is 29.5 Å². The summed E-state index contributed by atoms with van der Waals surface area (Å²) in [6.07, 6.45) is 0. The van der Waals surface area contributed by atoms with Crippen LogP contribution in [0.5, 0.6) is 0 Å². The summed E-state index contributed by atoms with van der Waals surface area (Å²) in [6.45, 7) is 3.07. The standard InChI is InChI=1S/C16H14F2N2O2/c1-3-4-10-22-16(21)14-13(17)15(18)19-20(14)11(2)12-8-6-5-7-9-12/h5-9,11H,10H2,1-2H3/t11-/m1/s1. The third-order valence-corrected chi connectivity index (χ3v) is 3.11. The van der Waals surface area contributed by atoms with E-state index in [1.165, 1.54) is 0 Å². The zero-order valence-electron chi connectivity index (χ0n) is 12.1. The van der Waals surface area contributed by atoms with Gasteiger partial charge in [-0.3, -0.25) is 0 Å². The molecule has 2 aromatic rings. The van der Waals surface area contributed by atoms with Crippen molar-refractivity contribution in [3.63, 3.8) is 0 Å². The van der Waals surface area contributed by atoms with E-state index >= 15 is 0 Å². The van der Waals surface area contributed by atoms with Gasteiger partial charge in [0.2, 0.25) is 5.82 Å². The van der Waals surface area contributed by atoms with Crippen LogP contribution < -0.4 is 0 Å². The second-order valence-electron chi connectivity index (χ2n) is 4.49. The van der Waals surface area contributed by atoms with E-state index in [-0.39, 0.29) is 6.61 Å². The predicted molar refractivity (Wildman–Crippen MR) is 76.1 cm³/mol. The number of ether oxygens (including phenoxy) is 1. The maximum absolute atomic E-state index is 13.9. The van der Waals surface area contributed by atoms with Crippen LogP contribution >= 0.6 is 0 Å². The number of nitrogens with zero attached hydrogens (tertiary/aromatic N) is 2. The topological polar surface area (TPSA) is 44.1 Å². The fourth-order valence-corrected chi connectivity index (χ4v) is 1.97. The number of halogens is 2. The monoisotopic (exact) mass is 304 g/mol. The Labute approximate surface area is 126 Å². The summed E-state index contributed by atoms with van der Waals surface area (Å²) in [5, 5.41) is 3.47. The summed E-state index contributed by atoms with van der Waals surface area (Å²) >= 11 is 0. The molecule has 6 heteroatoms. The van der Waals surface area contributed by atoms with Gasteiger partial charge in [-0.15, -0.1) is 11.0 Å². The minimum atomic E-state index is -1.34. The van der Waals surface area contributed by atoms with Crippen molar-refractivity contribution in [2.45, 2.75) is 19.9 Å². The van der Waals surface area contributed by atoms with Crippen LogP contribution in [0.2, 0.25) is 0 Å². The molecule has 0 amide bonds. The van der Waals surface area contributed by atoms with E-state index in [4.69, 9.17) is 4.74 Å². The van der Waals surface area contributed by atoms with Gasteiger partial charge in [0, 0.05) is 0 Å². The number of rotatable bonds is 4. The van der Waals surface area contributed by atoms with Crippen LogP contribution in [0.15, 0.2) is 30.3 Å². The maximum Gasteiger partial charge on any atom is 0.360 e. The van der Waals surface area contributed by atoms with Crippen LogP contribution in [-0.4, -0.2) is 22.4 Å². The Bertz CT molecular complexity index is 730. The molecule has 4 nitrogen and oxygen atoms in total. The zero-order chi connectivity index (χ0) is 16.1. The van der Waals surface area contributed by atoms with Gasteiger partial charge in [-0.25, -0.2) is 9.48 Å². The first-order valence-electron chi connectivity index (χ1n) is 6.61. The zero-order valence-corrected chi connectivity index (χ0v) is 12.1. The first-order chi connectivity index (χ1) is 10.6. The smallest absolute Gasteiger partial charge is 0.360 e. The number of carbonyl (C=O) groups is 1. The van der Waals surface area contributed by atoms with Crippen molar-refractivity contribution in [2.75, 3.05) is 6.61 Å². The molecule has 1 aromatic heterocycles. The Balaban J connectivity index is 2.37. The van der Waals surface area contributed by atoms with Crippen LogP contribution in [0.4, 0.5) is 8.78 Å². The highest BCUT2D eigenvalue weighted by atomic mass is 19.2. The molecule has 114 valence electrons. The van der Waals surface area contributed by atoms with Gasteiger partial charge in [-0.1, -0.05) is 36.3 Å². The summed E-state index contributed by atoms with van der Waals surface area (Å²) in [5.41, 5.74) is 0.208.